The summed E-state index contributed by atoms with van der Waals surface area (Å²) in [5.41, 5.74) is 0.428. The van der Waals surface area contributed by atoms with E-state index in [1.165, 1.54) is 25.3 Å². The van der Waals surface area contributed by atoms with Crippen LogP contribution >= 0.6 is 11.6 Å². The molecule has 1 aliphatic rings. The summed E-state index contributed by atoms with van der Waals surface area (Å²) in [4.78, 5) is 37.8. The van der Waals surface area contributed by atoms with Crippen LogP contribution in [0, 0.1) is 0 Å². The molecule has 2 aromatic rings. The van der Waals surface area contributed by atoms with Gasteiger partial charge in [-0.25, -0.2) is 9.69 Å². The molecule has 2 N–H and O–H groups in total. The van der Waals surface area contributed by atoms with Gasteiger partial charge in [0.1, 0.15) is 5.57 Å². The van der Waals surface area contributed by atoms with Crippen molar-refractivity contribution in [1.29, 1.82) is 0 Å². The van der Waals surface area contributed by atoms with Crippen molar-refractivity contribution in [3.8, 4) is 11.5 Å². The van der Waals surface area contributed by atoms with Gasteiger partial charge < -0.3 is 9.84 Å². The molecule has 0 bridgehead atoms. The van der Waals surface area contributed by atoms with Gasteiger partial charge in [0.25, 0.3) is 11.8 Å². The SMILES string of the molecule is COc1cc(C=C2C(=O)NC(=O)N(c3ccccc3)C2=O)cc(Cl)c1O. The molecule has 0 atom stereocenters. The van der Waals surface area contributed by atoms with Crippen LogP contribution in [-0.4, -0.2) is 30.1 Å². The monoisotopic (exact) mass is 372 g/mol. The van der Waals surface area contributed by atoms with Gasteiger partial charge in [0.05, 0.1) is 17.8 Å². The minimum absolute atomic E-state index is 0.00383. The normalized spacial score (nSPS) is 16.0. The molecular formula is C18H13ClN2O5. The number of nitrogens with zero attached hydrogens (tertiary/aromatic N) is 1. The molecule has 26 heavy (non-hydrogen) atoms. The second-order valence-electron chi connectivity index (χ2n) is 5.35. The molecule has 1 saturated heterocycles. The first-order chi connectivity index (χ1) is 12.4. The second kappa shape index (κ2) is 6.89. The number of rotatable bonds is 3. The van der Waals surface area contributed by atoms with E-state index in [9.17, 15) is 19.5 Å². The molecule has 1 aliphatic heterocycles. The van der Waals surface area contributed by atoms with E-state index in [1.807, 2.05) is 0 Å². The number of benzene rings is 2. The second-order valence-corrected chi connectivity index (χ2v) is 5.75. The van der Waals surface area contributed by atoms with Gasteiger partial charge in [-0.3, -0.25) is 14.9 Å². The number of carbonyl (C=O) groups excluding carboxylic acids is 3. The quantitative estimate of drug-likeness (QED) is 0.638. The highest BCUT2D eigenvalue weighted by atomic mass is 35.5. The minimum atomic E-state index is -0.829. The molecule has 0 aromatic heterocycles. The zero-order valence-electron chi connectivity index (χ0n) is 13.5. The smallest absolute Gasteiger partial charge is 0.335 e. The largest absolute Gasteiger partial charge is 0.503 e. The highest BCUT2D eigenvalue weighted by molar-refractivity contribution is 6.39. The lowest BCUT2D eigenvalue weighted by Crippen LogP contribution is -2.54. The van der Waals surface area contributed by atoms with E-state index in [4.69, 9.17) is 16.3 Å². The number of phenols is 1. The Morgan fingerprint density at radius 1 is 1.15 bits per heavy atom. The summed E-state index contributed by atoms with van der Waals surface area (Å²) in [6, 6.07) is 10.2. The molecule has 2 aromatic carbocycles. The fourth-order valence-electron chi connectivity index (χ4n) is 2.47. The van der Waals surface area contributed by atoms with Gasteiger partial charge in [0, 0.05) is 0 Å². The Balaban J connectivity index is 2.05. The Hall–Kier alpha value is -3.32. The minimum Gasteiger partial charge on any atom is -0.503 e. The number of hydrogen-bond donors (Lipinski definition) is 2. The van der Waals surface area contributed by atoms with Crippen LogP contribution in [-0.2, 0) is 9.59 Å². The zero-order valence-corrected chi connectivity index (χ0v) is 14.3. The highest BCUT2D eigenvalue weighted by Crippen LogP contribution is 2.35. The van der Waals surface area contributed by atoms with Crippen molar-refractivity contribution >= 4 is 41.2 Å². The summed E-state index contributed by atoms with van der Waals surface area (Å²) >= 11 is 5.93. The number of phenolic OH excluding ortho intramolecular Hbond substituents is 1. The first-order valence-corrected chi connectivity index (χ1v) is 7.83. The number of hydrogen-bond acceptors (Lipinski definition) is 5. The van der Waals surface area contributed by atoms with E-state index in [-0.39, 0.29) is 22.1 Å². The third-order valence-electron chi connectivity index (χ3n) is 3.70. The number of aromatic hydroxyl groups is 1. The highest BCUT2D eigenvalue weighted by Gasteiger charge is 2.36. The Morgan fingerprint density at radius 3 is 2.50 bits per heavy atom. The van der Waals surface area contributed by atoms with Crippen LogP contribution in [0.3, 0.4) is 0 Å². The van der Waals surface area contributed by atoms with Gasteiger partial charge in [0.2, 0.25) is 0 Å². The van der Waals surface area contributed by atoms with Crippen LogP contribution in [0.2, 0.25) is 5.02 Å². The summed E-state index contributed by atoms with van der Waals surface area (Å²) in [5.74, 6) is -1.76. The maximum Gasteiger partial charge on any atom is 0.335 e. The Labute approximate surface area is 153 Å². The number of barbiturate groups is 1. The number of carbonyl (C=O) groups is 3. The topological polar surface area (TPSA) is 95.9 Å². The molecule has 7 nitrogen and oxygen atoms in total. The Kier molecular flexibility index (Phi) is 4.64. The number of amides is 4. The average molecular weight is 373 g/mol. The van der Waals surface area contributed by atoms with Crippen LogP contribution < -0.4 is 15.0 Å². The predicted molar refractivity (Wildman–Crippen MR) is 95.1 cm³/mol. The third kappa shape index (κ3) is 3.12. The molecular weight excluding hydrogens is 360 g/mol. The lowest BCUT2D eigenvalue weighted by atomic mass is 10.1. The van der Waals surface area contributed by atoms with E-state index in [2.05, 4.69) is 5.32 Å². The van der Waals surface area contributed by atoms with Gasteiger partial charge in [-0.2, -0.15) is 0 Å². The molecule has 1 heterocycles. The molecule has 8 heteroatoms. The van der Waals surface area contributed by atoms with Gasteiger partial charge in [0.15, 0.2) is 11.5 Å². The zero-order chi connectivity index (χ0) is 18.8. The van der Waals surface area contributed by atoms with Crippen molar-refractivity contribution in [1.82, 2.24) is 5.32 Å². The van der Waals surface area contributed by atoms with E-state index >= 15 is 0 Å². The molecule has 0 aliphatic carbocycles. The number of imide groups is 2. The summed E-state index contributed by atoms with van der Waals surface area (Å²) in [6.45, 7) is 0. The number of methoxy groups -OCH3 is 1. The van der Waals surface area contributed by atoms with Crippen LogP contribution in [0.5, 0.6) is 11.5 Å². The van der Waals surface area contributed by atoms with Crippen LogP contribution in [0.25, 0.3) is 6.08 Å². The van der Waals surface area contributed by atoms with Crippen molar-refractivity contribution < 1.29 is 24.2 Å². The third-order valence-corrected chi connectivity index (χ3v) is 3.99. The molecule has 4 amide bonds. The van der Waals surface area contributed by atoms with Gasteiger partial charge in [-0.1, -0.05) is 29.8 Å². The first-order valence-electron chi connectivity index (χ1n) is 7.45. The molecule has 0 saturated carbocycles. The molecule has 132 valence electrons. The van der Waals surface area contributed by atoms with Crippen LogP contribution in [0.1, 0.15) is 5.56 Å². The Morgan fingerprint density at radius 2 is 1.85 bits per heavy atom. The lowest BCUT2D eigenvalue weighted by Gasteiger charge is -2.26. The van der Waals surface area contributed by atoms with Crippen LogP contribution in [0.4, 0.5) is 10.5 Å². The maximum absolute atomic E-state index is 12.7. The van der Waals surface area contributed by atoms with E-state index in [0.717, 1.165) is 4.90 Å². The van der Waals surface area contributed by atoms with E-state index in [1.54, 1.807) is 30.3 Å². The lowest BCUT2D eigenvalue weighted by molar-refractivity contribution is -0.122. The summed E-state index contributed by atoms with van der Waals surface area (Å²) < 4.78 is 5.00. The van der Waals surface area contributed by atoms with Crippen molar-refractivity contribution in [2.45, 2.75) is 0 Å². The molecule has 0 radical (unpaired) electrons. The Bertz CT molecular complexity index is 940. The van der Waals surface area contributed by atoms with Crippen LogP contribution in [0.15, 0.2) is 48.0 Å². The number of nitrogens with one attached hydrogen (secondary N) is 1. The number of urea groups is 1. The number of ether oxygens (including phenoxy) is 1. The first kappa shape index (κ1) is 17.5. The predicted octanol–water partition coefficient (Wildman–Crippen LogP) is 2.72. The summed E-state index contributed by atoms with van der Waals surface area (Å²) in [7, 11) is 1.34. The van der Waals surface area contributed by atoms with Crippen molar-refractivity contribution in [2.24, 2.45) is 0 Å². The number of para-hydroxylation sites is 1. The summed E-state index contributed by atoms with van der Waals surface area (Å²) in [6.07, 6.45) is 1.27. The number of anilines is 1. The molecule has 0 spiro atoms. The van der Waals surface area contributed by atoms with Crippen molar-refractivity contribution in [3.63, 3.8) is 0 Å². The van der Waals surface area contributed by atoms with Crippen molar-refractivity contribution in [3.05, 3.63) is 58.6 Å². The van der Waals surface area contributed by atoms with E-state index in [0.29, 0.717) is 11.3 Å². The number of halogens is 1. The average Bonchev–Trinajstić information content (AvgIpc) is 2.62. The van der Waals surface area contributed by atoms with E-state index < -0.39 is 17.8 Å². The molecule has 1 fully saturated rings. The fourth-order valence-corrected chi connectivity index (χ4v) is 2.69. The molecule has 0 unspecified atom stereocenters. The fraction of sp³-hybridized carbons (Fsp3) is 0.0556. The van der Waals surface area contributed by atoms with Gasteiger partial charge in [-0.05, 0) is 35.9 Å². The summed E-state index contributed by atoms with van der Waals surface area (Å²) in [5, 5.41) is 11.9. The standard InChI is InChI=1S/C18H13ClN2O5/c1-26-14-9-10(8-13(19)15(14)22)7-12-16(23)20-18(25)21(17(12)24)11-5-3-2-4-6-11/h2-9,22H,1H3,(H,20,23,25). The van der Waals surface area contributed by atoms with Gasteiger partial charge >= 0.3 is 6.03 Å². The van der Waals surface area contributed by atoms with Gasteiger partial charge in [-0.15, -0.1) is 0 Å². The van der Waals surface area contributed by atoms with Crippen molar-refractivity contribution in [2.75, 3.05) is 12.0 Å². The maximum atomic E-state index is 12.7. The molecule has 3 rings (SSSR count).